The Labute approximate surface area is 132 Å². The number of hydrogen-bond donors (Lipinski definition) is 1. The second kappa shape index (κ2) is 8.63. The highest BCUT2D eigenvalue weighted by atomic mass is 16.5. The van der Waals surface area contributed by atoms with Crippen molar-refractivity contribution in [2.45, 2.75) is 32.2 Å². The minimum atomic E-state index is 0.0230. The normalized spacial score (nSPS) is 17.5. The molecule has 1 atom stereocenters. The second-order valence-electron chi connectivity index (χ2n) is 5.41. The summed E-state index contributed by atoms with van der Waals surface area (Å²) < 4.78 is 10.5. The lowest BCUT2D eigenvalue weighted by Crippen LogP contribution is -2.40. The van der Waals surface area contributed by atoms with Gasteiger partial charge in [0.15, 0.2) is 0 Å². The van der Waals surface area contributed by atoms with Crippen molar-refractivity contribution in [1.29, 1.82) is 0 Å². The van der Waals surface area contributed by atoms with Gasteiger partial charge >= 0.3 is 6.03 Å². The molecule has 1 aromatic rings. The van der Waals surface area contributed by atoms with Gasteiger partial charge in [-0.05, 0) is 43.9 Å². The molecule has 22 heavy (non-hydrogen) atoms. The van der Waals surface area contributed by atoms with Crippen LogP contribution in [0.4, 0.5) is 4.79 Å². The van der Waals surface area contributed by atoms with Crippen molar-refractivity contribution in [3.8, 4) is 5.75 Å². The third-order valence-corrected chi connectivity index (χ3v) is 3.96. The number of carbonyl (C=O) groups is 1. The largest absolute Gasteiger partial charge is 0.497 e. The van der Waals surface area contributed by atoms with Crippen LogP contribution in [0.3, 0.4) is 0 Å². The number of amides is 2. The lowest BCUT2D eigenvalue weighted by molar-refractivity contribution is 0.143. The third kappa shape index (κ3) is 4.37. The van der Waals surface area contributed by atoms with Crippen LogP contribution in [-0.4, -0.2) is 44.3 Å². The zero-order valence-corrected chi connectivity index (χ0v) is 13.5. The fourth-order valence-electron chi connectivity index (χ4n) is 2.80. The van der Waals surface area contributed by atoms with Gasteiger partial charge < -0.3 is 19.7 Å². The summed E-state index contributed by atoms with van der Waals surface area (Å²) in [5.41, 5.74) is 1.17. The Morgan fingerprint density at radius 3 is 2.82 bits per heavy atom. The van der Waals surface area contributed by atoms with Gasteiger partial charge in [0.1, 0.15) is 5.75 Å². The second-order valence-corrected chi connectivity index (χ2v) is 5.41. The van der Waals surface area contributed by atoms with Crippen molar-refractivity contribution in [1.82, 2.24) is 10.2 Å². The smallest absolute Gasteiger partial charge is 0.317 e. The third-order valence-electron chi connectivity index (χ3n) is 3.96. The molecule has 0 aromatic heterocycles. The van der Waals surface area contributed by atoms with Gasteiger partial charge in [0.2, 0.25) is 0 Å². The van der Waals surface area contributed by atoms with E-state index in [1.165, 1.54) is 5.56 Å². The van der Waals surface area contributed by atoms with Crippen LogP contribution in [0.15, 0.2) is 24.3 Å². The van der Waals surface area contributed by atoms with Crippen LogP contribution in [0.25, 0.3) is 0 Å². The van der Waals surface area contributed by atoms with Crippen LogP contribution in [0, 0.1) is 0 Å². The molecule has 2 amide bonds. The number of likely N-dealkylation sites (tertiary alicyclic amines) is 1. The molecule has 1 aliphatic heterocycles. The number of methoxy groups -OCH3 is 1. The molecule has 2 rings (SSSR count). The van der Waals surface area contributed by atoms with Gasteiger partial charge in [-0.2, -0.15) is 0 Å². The number of urea groups is 1. The van der Waals surface area contributed by atoms with E-state index in [-0.39, 0.29) is 12.1 Å². The fraction of sp³-hybridized carbons (Fsp3) is 0.588. The molecule has 1 saturated heterocycles. The van der Waals surface area contributed by atoms with E-state index < -0.39 is 0 Å². The standard InChI is InChI=1S/C17H26N2O3/c1-3-22-13-5-11-18-17(20)19-12-4-6-16(19)14-7-9-15(21-2)10-8-14/h7-10,16H,3-6,11-13H2,1-2H3,(H,18,20). The monoisotopic (exact) mass is 306 g/mol. The number of benzene rings is 1. The topological polar surface area (TPSA) is 50.8 Å². The van der Waals surface area contributed by atoms with Crippen molar-refractivity contribution < 1.29 is 14.3 Å². The van der Waals surface area contributed by atoms with Gasteiger partial charge in [0.25, 0.3) is 0 Å². The number of carbonyl (C=O) groups excluding carboxylic acids is 1. The fourth-order valence-corrected chi connectivity index (χ4v) is 2.80. The van der Waals surface area contributed by atoms with Gasteiger partial charge in [-0.15, -0.1) is 0 Å². The van der Waals surface area contributed by atoms with E-state index in [1.807, 2.05) is 36.1 Å². The molecule has 1 fully saturated rings. The number of ether oxygens (including phenoxy) is 2. The minimum Gasteiger partial charge on any atom is -0.497 e. The predicted molar refractivity (Wildman–Crippen MR) is 86.2 cm³/mol. The molecule has 0 radical (unpaired) electrons. The molecule has 0 spiro atoms. The molecule has 0 aliphatic carbocycles. The Kier molecular flexibility index (Phi) is 6.52. The summed E-state index contributed by atoms with van der Waals surface area (Å²) in [4.78, 5) is 14.3. The van der Waals surface area contributed by atoms with Crippen LogP contribution < -0.4 is 10.1 Å². The van der Waals surface area contributed by atoms with Gasteiger partial charge in [0, 0.05) is 26.3 Å². The summed E-state index contributed by atoms with van der Waals surface area (Å²) in [7, 11) is 1.66. The number of rotatable bonds is 7. The summed E-state index contributed by atoms with van der Waals surface area (Å²) >= 11 is 0. The minimum absolute atomic E-state index is 0.0230. The van der Waals surface area contributed by atoms with E-state index >= 15 is 0 Å². The Hall–Kier alpha value is -1.75. The van der Waals surface area contributed by atoms with Crippen LogP contribution >= 0.6 is 0 Å². The highest BCUT2D eigenvalue weighted by molar-refractivity contribution is 5.75. The highest BCUT2D eigenvalue weighted by Crippen LogP contribution is 2.32. The average molecular weight is 306 g/mol. The maximum Gasteiger partial charge on any atom is 0.317 e. The SMILES string of the molecule is CCOCCCNC(=O)N1CCCC1c1ccc(OC)cc1. The van der Waals surface area contributed by atoms with E-state index in [0.29, 0.717) is 13.2 Å². The van der Waals surface area contributed by atoms with Crippen molar-refractivity contribution in [2.75, 3.05) is 33.4 Å². The summed E-state index contributed by atoms with van der Waals surface area (Å²) in [5.74, 6) is 0.841. The van der Waals surface area contributed by atoms with Crippen LogP contribution in [0.2, 0.25) is 0 Å². The number of hydrogen-bond acceptors (Lipinski definition) is 3. The molecule has 5 heteroatoms. The Balaban J connectivity index is 1.87. The summed E-state index contributed by atoms with van der Waals surface area (Å²) in [6.07, 6.45) is 2.91. The maximum absolute atomic E-state index is 12.3. The molecule has 0 bridgehead atoms. The van der Waals surface area contributed by atoms with Crippen LogP contribution in [0.5, 0.6) is 5.75 Å². The first-order valence-corrected chi connectivity index (χ1v) is 8.02. The predicted octanol–water partition coefficient (Wildman–Crippen LogP) is 2.97. The lowest BCUT2D eigenvalue weighted by Gasteiger charge is -2.25. The summed E-state index contributed by atoms with van der Waals surface area (Å²) in [6.45, 7) is 4.86. The molecular formula is C17H26N2O3. The van der Waals surface area contributed by atoms with Gasteiger partial charge in [-0.25, -0.2) is 4.79 Å². The zero-order valence-electron chi connectivity index (χ0n) is 13.5. The van der Waals surface area contributed by atoms with E-state index in [0.717, 1.165) is 38.2 Å². The van der Waals surface area contributed by atoms with E-state index in [2.05, 4.69) is 5.32 Å². The van der Waals surface area contributed by atoms with E-state index in [9.17, 15) is 4.79 Å². The van der Waals surface area contributed by atoms with Crippen molar-refractivity contribution in [2.24, 2.45) is 0 Å². The van der Waals surface area contributed by atoms with Gasteiger partial charge in [-0.1, -0.05) is 12.1 Å². The molecule has 1 aromatic carbocycles. The van der Waals surface area contributed by atoms with E-state index in [4.69, 9.17) is 9.47 Å². The molecule has 0 saturated carbocycles. The average Bonchev–Trinajstić information content (AvgIpc) is 3.04. The number of nitrogens with one attached hydrogen (secondary N) is 1. The summed E-state index contributed by atoms with van der Waals surface area (Å²) in [6, 6.07) is 8.18. The lowest BCUT2D eigenvalue weighted by atomic mass is 10.0. The first-order valence-electron chi connectivity index (χ1n) is 8.02. The van der Waals surface area contributed by atoms with Crippen molar-refractivity contribution in [3.63, 3.8) is 0 Å². The van der Waals surface area contributed by atoms with Gasteiger partial charge in [-0.3, -0.25) is 0 Å². The van der Waals surface area contributed by atoms with E-state index in [1.54, 1.807) is 7.11 Å². The maximum atomic E-state index is 12.3. The first-order chi connectivity index (χ1) is 10.8. The molecule has 1 aliphatic rings. The summed E-state index contributed by atoms with van der Waals surface area (Å²) in [5, 5.41) is 2.99. The molecule has 1 unspecified atom stereocenters. The van der Waals surface area contributed by atoms with Crippen molar-refractivity contribution >= 4 is 6.03 Å². The van der Waals surface area contributed by atoms with Crippen LogP contribution in [-0.2, 0) is 4.74 Å². The molecular weight excluding hydrogens is 280 g/mol. The quantitative estimate of drug-likeness (QED) is 0.788. The molecule has 1 N–H and O–H groups in total. The molecule has 5 nitrogen and oxygen atoms in total. The zero-order chi connectivity index (χ0) is 15.8. The Morgan fingerprint density at radius 2 is 2.14 bits per heavy atom. The Bertz CT molecular complexity index is 461. The highest BCUT2D eigenvalue weighted by Gasteiger charge is 2.29. The van der Waals surface area contributed by atoms with Crippen LogP contribution in [0.1, 0.15) is 37.8 Å². The number of nitrogens with zero attached hydrogens (tertiary/aromatic N) is 1. The molecule has 1 heterocycles. The van der Waals surface area contributed by atoms with Crippen molar-refractivity contribution in [3.05, 3.63) is 29.8 Å². The Morgan fingerprint density at radius 1 is 1.36 bits per heavy atom. The molecule has 122 valence electrons. The van der Waals surface area contributed by atoms with Gasteiger partial charge in [0.05, 0.1) is 13.2 Å². The first kappa shape index (κ1) is 16.6.